The van der Waals surface area contributed by atoms with Gasteiger partial charge in [0.15, 0.2) is 11.6 Å². The Morgan fingerprint density at radius 1 is 1.18 bits per heavy atom. The topological polar surface area (TPSA) is 191 Å². The zero-order valence-electron chi connectivity index (χ0n) is 20.8. The minimum absolute atomic E-state index is 0.00130. The zero-order valence-corrected chi connectivity index (χ0v) is 22.4. The molecular weight excluding hydrogens is 548 g/mol. The third kappa shape index (κ3) is 4.85. The first-order chi connectivity index (χ1) is 18.3. The zero-order chi connectivity index (χ0) is 28.2. The van der Waals surface area contributed by atoms with Gasteiger partial charge in [-0.1, -0.05) is 49.9 Å². The second kappa shape index (κ2) is 9.38. The molecule has 2 aliphatic carbocycles. The molecule has 0 spiro atoms. The number of Topliss-reactive ketones (excluding diaryl/α,β-unsaturated/α-hetero) is 1. The quantitative estimate of drug-likeness (QED) is 0.343. The molecule has 5 N–H and O–H groups in total. The van der Waals surface area contributed by atoms with E-state index in [1.165, 1.54) is 16.9 Å². The van der Waals surface area contributed by atoms with Gasteiger partial charge in [-0.3, -0.25) is 9.52 Å². The summed E-state index contributed by atoms with van der Waals surface area (Å²) in [6.07, 6.45) is 2.87. The van der Waals surface area contributed by atoms with Crippen molar-refractivity contribution in [2.45, 2.75) is 49.3 Å². The van der Waals surface area contributed by atoms with Gasteiger partial charge in [0, 0.05) is 5.56 Å². The number of benzene rings is 2. The molecule has 1 aliphatic heterocycles. The lowest BCUT2D eigenvalue weighted by molar-refractivity contribution is -0.120. The van der Waals surface area contributed by atoms with Crippen molar-refractivity contribution in [2.24, 2.45) is 10.3 Å². The summed E-state index contributed by atoms with van der Waals surface area (Å²) in [7, 11) is -9.00. The van der Waals surface area contributed by atoms with Gasteiger partial charge < -0.3 is 15.5 Å². The second-order valence-electron chi connectivity index (χ2n) is 10.0. The average Bonchev–Trinajstić information content (AvgIpc) is 3.35. The molecule has 1 heterocycles. The minimum atomic E-state index is -4.53. The molecule has 1 unspecified atom stereocenters. The van der Waals surface area contributed by atoms with Crippen LogP contribution >= 0.6 is 0 Å². The van der Waals surface area contributed by atoms with E-state index >= 15 is 0 Å². The first-order valence-corrected chi connectivity index (χ1v) is 15.1. The van der Waals surface area contributed by atoms with Crippen LogP contribution in [0, 0.1) is 5.92 Å². The summed E-state index contributed by atoms with van der Waals surface area (Å²) in [6.45, 7) is 1.81. The standard InChI is InChI=1S/C25H26N4O8S2/c1-25(13-14-6-2-3-7-14)17-9-5-4-8-16(17)21(30)20(22(25)31)23-26-18-11-10-15(12-19(18)38(34,35)28-23)27-39(36,37)29-24(32)33/h4-5,8-12,14,27,29-30H,2-3,6-7,13H2,1H3,(H,26,28)(H,32,33). The van der Waals surface area contributed by atoms with E-state index in [1.54, 1.807) is 24.3 Å². The third-order valence-corrected chi connectivity index (χ3v) is 9.61. The molecule has 3 aliphatic rings. The number of carboxylic acid groups (broad SMARTS) is 1. The lowest BCUT2D eigenvalue weighted by atomic mass is 9.65. The second-order valence-corrected chi connectivity index (χ2v) is 13.0. The molecule has 5 rings (SSSR count). The number of rotatable bonds is 6. The van der Waals surface area contributed by atoms with Gasteiger partial charge in [0.05, 0.1) is 16.8 Å². The van der Waals surface area contributed by atoms with E-state index in [0.717, 1.165) is 31.7 Å². The van der Waals surface area contributed by atoms with Crippen LogP contribution in [-0.2, 0) is 30.4 Å². The fourth-order valence-electron chi connectivity index (χ4n) is 5.65. The summed E-state index contributed by atoms with van der Waals surface area (Å²) in [6, 6.07) is 10.4. The summed E-state index contributed by atoms with van der Waals surface area (Å²) in [5.41, 5.74) is -0.385. The van der Waals surface area contributed by atoms with E-state index in [-0.39, 0.29) is 28.5 Å². The van der Waals surface area contributed by atoms with Gasteiger partial charge in [0.25, 0.3) is 10.0 Å². The fourth-order valence-corrected chi connectivity index (χ4v) is 7.52. The summed E-state index contributed by atoms with van der Waals surface area (Å²) in [5.74, 6) is -0.844. The number of carbonyl (C=O) groups excluding carboxylic acids is 1. The summed E-state index contributed by atoms with van der Waals surface area (Å²) < 4.78 is 57.1. The van der Waals surface area contributed by atoms with Gasteiger partial charge in [-0.2, -0.15) is 16.8 Å². The number of aliphatic hydroxyl groups excluding tert-OH is 1. The molecule has 0 bridgehead atoms. The van der Waals surface area contributed by atoms with Crippen molar-refractivity contribution in [1.29, 1.82) is 0 Å². The van der Waals surface area contributed by atoms with Crippen LogP contribution in [0.25, 0.3) is 5.76 Å². The normalized spacial score (nSPS) is 22.4. The minimum Gasteiger partial charge on any atom is -0.506 e. The highest BCUT2D eigenvalue weighted by Crippen LogP contribution is 2.46. The first-order valence-electron chi connectivity index (χ1n) is 12.2. The molecular formula is C25H26N4O8S2. The molecule has 39 heavy (non-hydrogen) atoms. The number of amides is 1. The van der Waals surface area contributed by atoms with Gasteiger partial charge in [-0.25, -0.2) is 9.52 Å². The van der Waals surface area contributed by atoms with Gasteiger partial charge >= 0.3 is 16.3 Å². The van der Waals surface area contributed by atoms with Crippen molar-refractivity contribution in [3.05, 3.63) is 59.2 Å². The van der Waals surface area contributed by atoms with Crippen molar-refractivity contribution in [3.8, 4) is 0 Å². The Labute approximate surface area is 225 Å². The maximum atomic E-state index is 14.1. The van der Waals surface area contributed by atoms with Crippen molar-refractivity contribution in [3.63, 3.8) is 0 Å². The maximum absolute atomic E-state index is 14.1. The molecule has 2 aromatic rings. The molecule has 206 valence electrons. The van der Waals surface area contributed by atoms with Crippen LogP contribution in [0.3, 0.4) is 0 Å². The van der Waals surface area contributed by atoms with Crippen molar-refractivity contribution >= 4 is 55.1 Å². The molecule has 0 aromatic heterocycles. The van der Waals surface area contributed by atoms with E-state index in [2.05, 4.69) is 9.71 Å². The molecule has 1 saturated carbocycles. The molecule has 1 fully saturated rings. The van der Waals surface area contributed by atoms with Crippen molar-refractivity contribution in [1.82, 2.24) is 4.72 Å². The number of amidine groups is 1. The van der Waals surface area contributed by atoms with Crippen LogP contribution in [0.1, 0.15) is 50.2 Å². The highest BCUT2D eigenvalue weighted by molar-refractivity contribution is 7.91. The Bertz CT molecular complexity index is 1680. The molecule has 14 heteroatoms. The van der Waals surface area contributed by atoms with Gasteiger partial charge in [-0.05, 0) is 43.0 Å². The number of aliphatic hydroxyl groups is 1. The third-order valence-electron chi connectivity index (χ3n) is 7.35. The SMILES string of the molecule is CC1(CC2CCCC2)C(=O)C(C2=NS(=O)(=O)c3cc(NS(=O)(=O)NC(=O)O)ccc3N2)=C(O)c2ccccc21. The number of nitrogens with one attached hydrogen (secondary N) is 3. The number of hydrogen-bond acceptors (Lipinski definition) is 8. The average molecular weight is 575 g/mol. The van der Waals surface area contributed by atoms with Gasteiger partial charge in [0.1, 0.15) is 16.2 Å². The number of sulfonamides is 1. The Morgan fingerprint density at radius 2 is 1.87 bits per heavy atom. The van der Waals surface area contributed by atoms with Crippen molar-refractivity contribution < 1.29 is 36.6 Å². The first kappa shape index (κ1) is 26.7. The maximum Gasteiger partial charge on any atom is 0.419 e. The Morgan fingerprint density at radius 3 is 2.56 bits per heavy atom. The summed E-state index contributed by atoms with van der Waals surface area (Å²) >= 11 is 0. The van der Waals surface area contributed by atoms with E-state index in [9.17, 15) is 31.5 Å². The molecule has 12 nitrogen and oxygen atoms in total. The van der Waals surface area contributed by atoms with E-state index in [0.29, 0.717) is 23.5 Å². The van der Waals surface area contributed by atoms with Crippen molar-refractivity contribution in [2.75, 3.05) is 10.0 Å². The Balaban J connectivity index is 1.55. The van der Waals surface area contributed by atoms with E-state index in [4.69, 9.17) is 5.11 Å². The fraction of sp³-hybridized carbons (Fsp3) is 0.320. The Hall–Kier alpha value is -3.91. The highest BCUT2D eigenvalue weighted by Gasteiger charge is 2.47. The van der Waals surface area contributed by atoms with Crippen LogP contribution in [0.4, 0.5) is 16.2 Å². The lowest BCUT2D eigenvalue weighted by Crippen LogP contribution is -2.43. The molecule has 1 amide bonds. The highest BCUT2D eigenvalue weighted by atomic mass is 32.2. The van der Waals surface area contributed by atoms with Crippen LogP contribution in [0.5, 0.6) is 0 Å². The van der Waals surface area contributed by atoms with Gasteiger partial charge in [-0.15, -0.1) is 4.40 Å². The number of nitrogens with zero attached hydrogens (tertiary/aromatic N) is 1. The summed E-state index contributed by atoms with van der Waals surface area (Å²) in [5, 5.41) is 22.7. The Kier molecular flexibility index (Phi) is 6.42. The lowest BCUT2D eigenvalue weighted by Gasteiger charge is -2.37. The number of anilines is 2. The van der Waals surface area contributed by atoms with Crippen LogP contribution in [0.2, 0.25) is 0 Å². The van der Waals surface area contributed by atoms with E-state index in [1.807, 2.05) is 11.6 Å². The molecule has 0 saturated heterocycles. The molecule has 0 radical (unpaired) electrons. The molecule has 2 aromatic carbocycles. The largest absolute Gasteiger partial charge is 0.506 e. The van der Waals surface area contributed by atoms with Crippen LogP contribution in [0.15, 0.2) is 57.3 Å². The monoisotopic (exact) mass is 574 g/mol. The van der Waals surface area contributed by atoms with Crippen LogP contribution < -0.4 is 14.8 Å². The number of carbonyl (C=O) groups is 2. The summed E-state index contributed by atoms with van der Waals surface area (Å²) in [4.78, 5) is 24.4. The van der Waals surface area contributed by atoms with Crippen LogP contribution in [-0.4, -0.2) is 44.8 Å². The number of ketones is 1. The number of fused-ring (bicyclic) bond motifs is 2. The number of hydrogen-bond donors (Lipinski definition) is 5. The molecule has 1 atom stereocenters. The van der Waals surface area contributed by atoms with Gasteiger partial charge in [0.2, 0.25) is 0 Å². The predicted octanol–water partition coefficient (Wildman–Crippen LogP) is 3.51. The van der Waals surface area contributed by atoms with E-state index < -0.39 is 42.4 Å². The predicted molar refractivity (Wildman–Crippen MR) is 143 cm³/mol. The smallest absolute Gasteiger partial charge is 0.419 e.